The summed E-state index contributed by atoms with van der Waals surface area (Å²) in [5, 5.41) is 11.8. The number of amides is 1. The van der Waals surface area contributed by atoms with Gasteiger partial charge in [-0.1, -0.05) is 17.7 Å². The Morgan fingerprint density at radius 1 is 1.10 bits per heavy atom. The van der Waals surface area contributed by atoms with Crippen molar-refractivity contribution in [1.82, 2.24) is 24.7 Å². The van der Waals surface area contributed by atoms with Gasteiger partial charge in [-0.25, -0.2) is 0 Å². The first-order chi connectivity index (χ1) is 13.8. The molecule has 1 aliphatic rings. The second-order valence-corrected chi connectivity index (χ2v) is 7.09. The van der Waals surface area contributed by atoms with Crippen LogP contribution >= 0.6 is 11.6 Å². The Labute approximate surface area is 168 Å². The molecule has 0 atom stereocenters. The molecule has 1 saturated heterocycles. The molecule has 11 heteroatoms. The summed E-state index contributed by atoms with van der Waals surface area (Å²) in [7, 11) is 0. The highest BCUT2D eigenvalue weighted by Gasteiger charge is 2.33. The highest BCUT2D eigenvalue weighted by atomic mass is 35.5. The lowest BCUT2D eigenvalue weighted by Crippen LogP contribution is -2.49. The molecule has 4 rings (SSSR count). The van der Waals surface area contributed by atoms with Crippen LogP contribution in [0, 0.1) is 0 Å². The monoisotopic (exact) mass is 424 g/mol. The number of nitrogens with zero attached hydrogens (tertiary/aromatic N) is 6. The largest absolute Gasteiger partial charge is 0.417 e. The summed E-state index contributed by atoms with van der Waals surface area (Å²) in [5.74, 6) is 0.527. The molecule has 3 heterocycles. The van der Waals surface area contributed by atoms with Crippen LogP contribution in [0.3, 0.4) is 0 Å². The van der Waals surface area contributed by atoms with E-state index in [1.54, 1.807) is 9.42 Å². The van der Waals surface area contributed by atoms with Gasteiger partial charge in [-0.2, -0.15) is 17.7 Å². The van der Waals surface area contributed by atoms with Gasteiger partial charge in [0.25, 0.3) is 0 Å². The Morgan fingerprint density at radius 2 is 1.86 bits per heavy atom. The molecule has 0 spiro atoms. The number of halogens is 4. The van der Waals surface area contributed by atoms with Gasteiger partial charge in [0.2, 0.25) is 5.91 Å². The lowest BCUT2D eigenvalue weighted by Gasteiger charge is -2.35. The molecule has 1 amide bonds. The van der Waals surface area contributed by atoms with Crippen LogP contribution in [-0.4, -0.2) is 56.8 Å². The van der Waals surface area contributed by atoms with E-state index in [2.05, 4.69) is 15.3 Å². The number of rotatable bonds is 3. The van der Waals surface area contributed by atoms with Gasteiger partial charge in [0.15, 0.2) is 5.65 Å². The number of hydrogen-bond acceptors (Lipinski definition) is 5. The van der Waals surface area contributed by atoms with Crippen molar-refractivity contribution in [3.05, 3.63) is 52.8 Å². The van der Waals surface area contributed by atoms with Crippen LogP contribution in [0.4, 0.5) is 19.0 Å². The van der Waals surface area contributed by atoms with Crippen LogP contribution in [-0.2, 0) is 17.4 Å². The van der Waals surface area contributed by atoms with Gasteiger partial charge in [0.1, 0.15) is 12.1 Å². The van der Waals surface area contributed by atoms with Gasteiger partial charge >= 0.3 is 6.18 Å². The topological polar surface area (TPSA) is 66.6 Å². The summed E-state index contributed by atoms with van der Waals surface area (Å²) in [6.07, 6.45) is -3.15. The molecule has 0 bridgehead atoms. The van der Waals surface area contributed by atoms with Crippen molar-refractivity contribution in [1.29, 1.82) is 0 Å². The summed E-state index contributed by atoms with van der Waals surface area (Å²) in [6.45, 7) is 2.06. The molecule has 0 unspecified atom stereocenters. The van der Waals surface area contributed by atoms with Crippen molar-refractivity contribution in [2.75, 3.05) is 31.1 Å². The zero-order valence-electron chi connectivity index (χ0n) is 15.1. The predicted octanol–water partition coefficient (Wildman–Crippen LogP) is 2.69. The third kappa shape index (κ3) is 4.12. The number of hydrogen-bond donors (Lipinski definition) is 0. The minimum absolute atomic E-state index is 0.106. The highest BCUT2D eigenvalue weighted by Crippen LogP contribution is 2.35. The van der Waals surface area contributed by atoms with Crippen LogP contribution in [0.5, 0.6) is 0 Å². The first-order valence-electron chi connectivity index (χ1n) is 8.87. The summed E-state index contributed by atoms with van der Waals surface area (Å²) < 4.78 is 40.6. The minimum atomic E-state index is -4.55. The van der Waals surface area contributed by atoms with E-state index < -0.39 is 11.7 Å². The van der Waals surface area contributed by atoms with Crippen molar-refractivity contribution in [3.8, 4) is 0 Å². The molecule has 0 aliphatic carbocycles. The molecule has 152 valence electrons. The zero-order valence-corrected chi connectivity index (χ0v) is 15.9. The smallest absolute Gasteiger partial charge is 0.352 e. The number of carbonyl (C=O) groups excluding carboxylic acids is 1. The van der Waals surface area contributed by atoms with Gasteiger partial charge in [0.05, 0.1) is 17.0 Å². The van der Waals surface area contributed by atoms with E-state index in [4.69, 9.17) is 11.6 Å². The Morgan fingerprint density at radius 3 is 2.59 bits per heavy atom. The normalized spacial score (nSPS) is 15.2. The lowest BCUT2D eigenvalue weighted by atomic mass is 10.1. The fraction of sp³-hybridized carbons (Fsp3) is 0.333. The van der Waals surface area contributed by atoms with Crippen LogP contribution in [0.1, 0.15) is 11.1 Å². The Bertz CT molecular complexity index is 1050. The van der Waals surface area contributed by atoms with Crippen LogP contribution in [0.15, 0.2) is 36.7 Å². The molecular weight excluding hydrogens is 409 g/mol. The van der Waals surface area contributed by atoms with E-state index in [0.29, 0.717) is 31.8 Å². The molecule has 29 heavy (non-hydrogen) atoms. The van der Waals surface area contributed by atoms with Crippen molar-refractivity contribution in [2.24, 2.45) is 0 Å². The van der Waals surface area contributed by atoms with E-state index in [-0.39, 0.29) is 22.9 Å². The van der Waals surface area contributed by atoms with Gasteiger partial charge in [-0.3, -0.25) is 4.79 Å². The number of carbonyl (C=O) groups is 1. The van der Waals surface area contributed by atoms with Gasteiger partial charge in [-0.05, 0) is 29.8 Å². The minimum Gasteiger partial charge on any atom is -0.352 e. The number of benzene rings is 1. The summed E-state index contributed by atoms with van der Waals surface area (Å²) >= 11 is 5.63. The van der Waals surface area contributed by atoms with Crippen molar-refractivity contribution < 1.29 is 18.0 Å². The molecule has 0 radical (unpaired) electrons. The zero-order chi connectivity index (χ0) is 20.6. The average Bonchev–Trinajstić information content (AvgIpc) is 3.16. The molecule has 1 fully saturated rings. The van der Waals surface area contributed by atoms with Gasteiger partial charge in [0, 0.05) is 26.2 Å². The van der Waals surface area contributed by atoms with Crippen LogP contribution in [0.2, 0.25) is 5.02 Å². The molecule has 1 aliphatic heterocycles. The van der Waals surface area contributed by atoms with E-state index in [1.165, 1.54) is 18.5 Å². The molecule has 1 aromatic carbocycles. The maximum absolute atomic E-state index is 13.0. The van der Waals surface area contributed by atoms with Gasteiger partial charge in [-0.15, -0.1) is 15.3 Å². The summed E-state index contributed by atoms with van der Waals surface area (Å²) in [4.78, 5) is 16.2. The molecule has 7 nitrogen and oxygen atoms in total. The molecule has 3 aromatic rings. The van der Waals surface area contributed by atoms with Crippen molar-refractivity contribution in [2.45, 2.75) is 12.6 Å². The standard InChI is InChI=1S/C18H16ClF3N6O/c19-14-2-1-12(9-13(14)18(20,21)22)10-17(29)27-7-5-26(6-8-27)16-4-3-15-24-23-11-28(15)25-16/h1-4,9,11H,5-8,10H2. The fourth-order valence-electron chi connectivity index (χ4n) is 3.26. The molecular formula is C18H16ClF3N6O. The third-order valence-corrected chi connectivity index (χ3v) is 5.13. The maximum atomic E-state index is 13.0. The Kier molecular flexibility index (Phi) is 5.03. The SMILES string of the molecule is O=C(Cc1ccc(Cl)c(C(F)(F)F)c1)N1CCN(c2ccc3nncn3n2)CC1. The maximum Gasteiger partial charge on any atom is 0.417 e. The quantitative estimate of drug-likeness (QED) is 0.646. The first kappa shape index (κ1) is 19.4. The van der Waals surface area contributed by atoms with E-state index >= 15 is 0 Å². The second-order valence-electron chi connectivity index (χ2n) is 6.68. The van der Waals surface area contributed by atoms with Crippen LogP contribution < -0.4 is 4.90 Å². The second kappa shape index (κ2) is 7.51. The van der Waals surface area contributed by atoms with E-state index in [9.17, 15) is 18.0 Å². The number of aromatic nitrogens is 4. The Balaban J connectivity index is 1.39. The molecule has 2 aromatic heterocycles. The Hall–Kier alpha value is -2.88. The van der Waals surface area contributed by atoms with Crippen molar-refractivity contribution in [3.63, 3.8) is 0 Å². The number of anilines is 1. The number of fused-ring (bicyclic) bond motifs is 1. The lowest BCUT2D eigenvalue weighted by molar-refractivity contribution is -0.137. The average molecular weight is 425 g/mol. The van der Waals surface area contributed by atoms with Crippen molar-refractivity contribution >= 4 is 29.0 Å². The number of alkyl halides is 3. The fourth-order valence-corrected chi connectivity index (χ4v) is 3.48. The van der Waals surface area contributed by atoms with E-state index in [1.807, 2.05) is 17.0 Å². The molecule has 0 N–H and O–H groups in total. The van der Waals surface area contributed by atoms with Gasteiger partial charge < -0.3 is 9.80 Å². The molecule has 0 saturated carbocycles. The number of piperazine rings is 1. The third-order valence-electron chi connectivity index (χ3n) is 4.80. The first-order valence-corrected chi connectivity index (χ1v) is 9.24. The van der Waals surface area contributed by atoms with E-state index in [0.717, 1.165) is 11.9 Å². The predicted molar refractivity (Wildman–Crippen MR) is 99.7 cm³/mol. The highest BCUT2D eigenvalue weighted by molar-refractivity contribution is 6.31. The van der Waals surface area contributed by atoms with Crippen LogP contribution in [0.25, 0.3) is 5.65 Å². The summed E-state index contributed by atoms with van der Waals surface area (Å²) in [6, 6.07) is 7.22. The summed E-state index contributed by atoms with van der Waals surface area (Å²) in [5.41, 5.74) is 0.00220.